The van der Waals surface area contributed by atoms with E-state index in [1.54, 1.807) is 31.6 Å². The first-order valence-electron chi connectivity index (χ1n) is 8.21. The van der Waals surface area contributed by atoms with Crippen molar-refractivity contribution in [2.75, 3.05) is 0 Å². The van der Waals surface area contributed by atoms with Gasteiger partial charge in [0.25, 0.3) is 5.56 Å². The third kappa shape index (κ3) is 4.18. The van der Waals surface area contributed by atoms with E-state index >= 15 is 0 Å². The highest BCUT2D eigenvalue weighted by molar-refractivity contribution is 5.78. The predicted octanol–water partition coefficient (Wildman–Crippen LogP) is 1.70. The molecule has 26 heavy (non-hydrogen) atoms. The maximum Gasteiger partial charge on any atom is 0.255 e. The molecule has 3 aromatic heterocycles. The number of hydrogen-bond acceptors (Lipinski definition) is 5. The maximum absolute atomic E-state index is 12.4. The number of aryl methyl sites for hydroxylation is 2. The molecule has 2 N–H and O–H groups in total. The third-order valence-corrected chi connectivity index (χ3v) is 3.96. The van der Waals surface area contributed by atoms with Gasteiger partial charge in [0.05, 0.1) is 6.42 Å². The fraction of sp³-hybridized carbons (Fsp3) is 0.211. The highest BCUT2D eigenvalue weighted by Gasteiger charge is 2.13. The van der Waals surface area contributed by atoms with E-state index in [0.717, 1.165) is 16.8 Å². The summed E-state index contributed by atoms with van der Waals surface area (Å²) in [6.45, 7) is 3.99. The van der Waals surface area contributed by atoms with Crippen molar-refractivity contribution in [1.82, 2.24) is 25.3 Å². The molecule has 3 heterocycles. The Labute approximate surface area is 150 Å². The van der Waals surface area contributed by atoms with Crippen LogP contribution in [0.1, 0.15) is 22.5 Å². The Morgan fingerprint density at radius 3 is 2.69 bits per heavy atom. The zero-order valence-electron chi connectivity index (χ0n) is 14.6. The summed E-state index contributed by atoms with van der Waals surface area (Å²) in [6.07, 6.45) is 4.97. The second-order valence-corrected chi connectivity index (χ2v) is 5.98. The second kappa shape index (κ2) is 7.69. The fourth-order valence-electron chi connectivity index (χ4n) is 2.48. The third-order valence-electron chi connectivity index (χ3n) is 3.96. The number of hydrogen-bond donors (Lipinski definition) is 2. The van der Waals surface area contributed by atoms with E-state index in [0.29, 0.717) is 23.6 Å². The van der Waals surface area contributed by atoms with E-state index in [4.69, 9.17) is 0 Å². The van der Waals surface area contributed by atoms with Gasteiger partial charge < -0.3 is 10.3 Å². The number of rotatable bonds is 5. The molecule has 1 amide bonds. The van der Waals surface area contributed by atoms with Crippen LogP contribution in [0.25, 0.3) is 11.4 Å². The number of aromatic amines is 1. The first-order chi connectivity index (χ1) is 12.5. The van der Waals surface area contributed by atoms with Gasteiger partial charge in [-0.25, -0.2) is 4.98 Å². The molecule has 0 aliphatic carbocycles. The first-order valence-corrected chi connectivity index (χ1v) is 8.21. The number of nitrogens with one attached hydrogen (secondary N) is 2. The van der Waals surface area contributed by atoms with Crippen molar-refractivity contribution < 1.29 is 4.79 Å². The van der Waals surface area contributed by atoms with Gasteiger partial charge >= 0.3 is 0 Å². The summed E-state index contributed by atoms with van der Waals surface area (Å²) in [5.41, 5.74) is 3.11. The molecule has 0 aliphatic heterocycles. The zero-order chi connectivity index (χ0) is 18.5. The molecule has 3 rings (SSSR count). The molecule has 0 spiro atoms. The Morgan fingerprint density at radius 2 is 2.04 bits per heavy atom. The van der Waals surface area contributed by atoms with Crippen LogP contribution >= 0.6 is 0 Å². The van der Waals surface area contributed by atoms with Gasteiger partial charge in [-0.15, -0.1) is 0 Å². The second-order valence-electron chi connectivity index (χ2n) is 5.98. The quantitative estimate of drug-likeness (QED) is 0.730. The molecule has 0 aromatic carbocycles. The van der Waals surface area contributed by atoms with Crippen LogP contribution in [-0.4, -0.2) is 25.8 Å². The van der Waals surface area contributed by atoms with Crippen molar-refractivity contribution in [2.45, 2.75) is 26.8 Å². The Bertz CT molecular complexity index is 965. The van der Waals surface area contributed by atoms with Gasteiger partial charge in [-0.3, -0.25) is 19.6 Å². The van der Waals surface area contributed by atoms with Crippen molar-refractivity contribution in [3.05, 3.63) is 75.7 Å². The summed E-state index contributed by atoms with van der Waals surface area (Å²) < 4.78 is 0. The van der Waals surface area contributed by atoms with Gasteiger partial charge in [-0.2, -0.15) is 0 Å². The molecule has 0 atom stereocenters. The number of pyridine rings is 2. The molecule has 0 fully saturated rings. The SMILES string of the molecule is Cc1ccc(CNC(=O)Cc2c(C)nc(-c3cccnc3)[nH]c2=O)cn1. The first kappa shape index (κ1) is 17.5. The Kier molecular flexibility index (Phi) is 5.17. The van der Waals surface area contributed by atoms with E-state index in [-0.39, 0.29) is 17.9 Å². The van der Waals surface area contributed by atoms with Crippen molar-refractivity contribution in [1.29, 1.82) is 0 Å². The van der Waals surface area contributed by atoms with E-state index in [1.165, 1.54) is 0 Å². The van der Waals surface area contributed by atoms with Gasteiger partial charge in [0.2, 0.25) is 5.91 Å². The molecule has 0 aliphatic rings. The van der Waals surface area contributed by atoms with E-state index in [9.17, 15) is 9.59 Å². The molecule has 0 unspecified atom stereocenters. The van der Waals surface area contributed by atoms with Crippen LogP contribution in [0.2, 0.25) is 0 Å². The van der Waals surface area contributed by atoms with E-state index in [1.807, 2.05) is 25.1 Å². The highest BCUT2D eigenvalue weighted by Crippen LogP contribution is 2.12. The van der Waals surface area contributed by atoms with Crippen molar-refractivity contribution in [3.8, 4) is 11.4 Å². The molecular weight excluding hydrogens is 330 g/mol. The van der Waals surface area contributed by atoms with Crippen LogP contribution in [0.4, 0.5) is 0 Å². The lowest BCUT2D eigenvalue weighted by atomic mass is 10.1. The monoisotopic (exact) mass is 349 g/mol. The summed E-state index contributed by atoms with van der Waals surface area (Å²) in [5, 5.41) is 2.80. The smallest absolute Gasteiger partial charge is 0.255 e. The van der Waals surface area contributed by atoms with Crippen molar-refractivity contribution >= 4 is 5.91 Å². The molecule has 132 valence electrons. The molecule has 0 saturated heterocycles. The average molecular weight is 349 g/mol. The van der Waals surface area contributed by atoms with Gasteiger partial charge in [0.1, 0.15) is 5.82 Å². The minimum absolute atomic E-state index is 0.0270. The standard InChI is InChI=1S/C19H19N5O2/c1-12-5-6-14(9-21-12)10-22-17(25)8-16-13(2)23-18(24-19(16)26)15-4-3-7-20-11-15/h3-7,9,11H,8,10H2,1-2H3,(H,22,25)(H,23,24,26). The van der Waals surface area contributed by atoms with Gasteiger partial charge in [-0.1, -0.05) is 6.07 Å². The minimum atomic E-state index is -0.316. The summed E-state index contributed by atoms with van der Waals surface area (Å²) in [5.74, 6) is 0.200. The number of carbonyl (C=O) groups is 1. The number of amides is 1. The summed E-state index contributed by atoms with van der Waals surface area (Å²) >= 11 is 0. The predicted molar refractivity (Wildman–Crippen MR) is 97.4 cm³/mol. The van der Waals surface area contributed by atoms with Crippen LogP contribution in [0, 0.1) is 13.8 Å². The molecule has 7 nitrogen and oxygen atoms in total. The van der Waals surface area contributed by atoms with Gasteiger partial charge in [-0.05, 0) is 37.6 Å². The summed E-state index contributed by atoms with van der Waals surface area (Å²) in [7, 11) is 0. The highest BCUT2D eigenvalue weighted by atomic mass is 16.2. The van der Waals surface area contributed by atoms with Crippen LogP contribution in [-0.2, 0) is 17.8 Å². The molecule has 3 aromatic rings. The lowest BCUT2D eigenvalue weighted by Gasteiger charge is -2.08. The Hall–Kier alpha value is -3.35. The van der Waals surface area contributed by atoms with E-state index < -0.39 is 0 Å². The van der Waals surface area contributed by atoms with Crippen molar-refractivity contribution in [2.24, 2.45) is 0 Å². The van der Waals surface area contributed by atoms with Crippen LogP contribution in [0.5, 0.6) is 0 Å². The van der Waals surface area contributed by atoms with Crippen molar-refractivity contribution in [3.63, 3.8) is 0 Å². The average Bonchev–Trinajstić information content (AvgIpc) is 2.65. The molecular formula is C19H19N5O2. The normalized spacial score (nSPS) is 10.5. The maximum atomic E-state index is 12.4. The van der Waals surface area contributed by atoms with Crippen LogP contribution < -0.4 is 10.9 Å². The summed E-state index contributed by atoms with van der Waals surface area (Å²) in [6, 6.07) is 7.38. The number of H-pyrrole nitrogens is 1. The summed E-state index contributed by atoms with van der Waals surface area (Å²) in [4.78, 5) is 39.9. The molecule has 0 bridgehead atoms. The molecule has 0 radical (unpaired) electrons. The number of carbonyl (C=O) groups excluding carboxylic acids is 1. The number of nitrogens with zero attached hydrogens (tertiary/aromatic N) is 3. The Balaban J connectivity index is 1.70. The van der Waals surface area contributed by atoms with Crippen LogP contribution in [0.15, 0.2) is 47.7 Å². The Morgan fingerprint density at radius 1 is 1.19 bits per heavy atom. The minimum Gasteiger partial charge on any atom is -0.352 e. The molecule has 0 saturated carbocycles. The number of aromatic nitrogens is 4. The fourth-order valence-corrected chi connectivity index (χ4v) is 2.48. The zero-order valence-corrected chi connectivity index (χ0v) is 14.6. The molecule has 7 heteroatoms. The lowest BCUT2D eigenvalue weighted by Crippen LogP contribution is -2.29. The van der Waals surface area contributed by atoms with Gasteiger partial charge in [0.15, 0.2) is 0 Å². The van der Waals surface area contributed by atoms with Crippen LogP contribution in [0.3, 0.4) is 0 Å². The van der Waals surface area contributed by atoms with E-state index in [2.05, 4.69) is 25.3 Å². The van der Waals surface area contributed by atoms with Gasteiger partial charge in [0, 0.05) is 47.7 Å². The topological polar surface area (TPSA) is 101 Å². The lowest BCUT2D eigenvalue weighted by molar-refractivity contribution is -0.120. The largest absolute Gasteiger partial charge is 0.352 e.